The number of likely N-dealkylation sites (N-methyl/N-ethyl adjacent to an activating group) is 1. The molecule has 1 fully saturated rings. The summed E-state index contributed by atoms with van der Waals surface area (Å²) in [5.74, 6) is -1.27. The maximum atomic E-state index is 12.0. The lowest BCUT2D eigenvalue weighted by Crippen LogP contribution is -2.51. The predicted molar refractivity (Wildman–Crippen MR) is 76.6 cm³/mol. The molecule has 1 aromatic rings. The van der Waals surface area contributed by atoms with Crippen LogP contribution in [0.2, 0.25) is 5.02 Å². The van der Waals surface area contributed by atoms with Gasteiger partial charge in [0, 0.05) is 25.8 Å². The maximum Gasteiger partial charge on any atom is 0.337 e. The number of urea groups is 1. The zero-order valence-electron chi connectivity index (χ0n) is 11.3. The van der Waals surface area contributed by atoms with Crippen LogP contribution in [-0.2, 0) is 4.79 Å². The number of aromatic carboxylic acids is 1. The number of anilines is 1. The Bertz CT molecular complexity index is 605. The summed E-state index contributed by atoms with van der Waals surface area (Å²) in [6, 6.07) is 3.71. The van der Waals surface area contributed by atoms with Crippen molar-refractivity contribution in [1.29, 1.82) is 0 Å². The molecule has 2 rings (SSSR count). The number of nitrogens with zero attached hydrogens (tertiary/aromatic N) is 2. The molecule has 0 bridgehead atoms. The van der Waals surface area contributed by atoms with Gasteiger partial charge in [-0.05, 0) is 18.2 Å². The Labute approximate surface area is 126 Å². The summed E-state index contributed by atoms with van der Waals surface area (Å²) in [7, 11) is 1.68. The van der Waals surface area contributed by atoms with Crippen molar-refractivity contribution in [2.45, 2.75) is 0 Å². The maximum absolute atomic E-state index is 12.0. The van der Waals surface area contributed by atoms with E-state index < -0.39 is 12.0 Å². The number of carbonyl (C=O) groups excluding carboxylic acids is 2. The number of piperazine rings is 1. The summed E-state index contributed by atoms with van der Waals surface area (Å²) in [5.41, 5.74) is 0.339. The summed E-state index contributed by atoms with van der Waals surface area (Å²) >= 11 is 5.83. The van der Waals surface area contributed by atoms with E-state index in [-0.39, 0.29) is 23.0 Å². The van der Waals surface area contributed by atoms with Gasteiger partial charge in [-0.2, -0.15) is 0 Å². The molecule has 7 nitrogen and oxygen atoms in total. The second kappa shape index (κ2) is 6.01. The fraction of sp³-hybridized carbons (Fsp3) is 0.308. The van der Waals surface area contributed by atoms with E-state index in [9.17, 15) is 14.4 Å². The third kappa shape index (κ3) is 3.43. The molecule has 1 aromatic carbocycles. The van der Waals surface area contributed by atoms with Gasteiger partial charge in [0.05, 0.1) is 10.6 Å². The fourth-order valence-electron chi connectivity index (χ4n) is 1.90. The summed E-state index contributed by atoms with van der Waals surface area (Å²) < 4.78 is 0. The third-order valence-corrected chi connectivity index (χ3v) is 3.51. The fourth-order valence-corrected chi connectivity index (χ4v) is 2.16. The number of benzene rings is 1. The summed E-state index contributed by atoms with van der Waals surface area (Å²) in [6.45, 7) is 0.934. The van der Waals surface area contributed by atoms with Gasteiger partial charge in [0.2, 0.25) is 5.91 Å². The van der Waals surface area contributed by atoms with Gasteiger partial charge in [0.25, 0.3) is 0 Å². The molecule has 1 aliphatic rings. The van der Waals surface area contributed by atoms with Crippen molar-refractivity contribution in [2.75, 3.05) is 32.0 Å². The zero-order valence-corrected chi connectivity index (χ0v) is 12.1. The van der Waals surface area contributed by atoms with Crippen molar-refractivity contribution < 1.29 is 19.5 Å². The van der Waals surface area contributed by atoms with Crippen molar-refractivity contribution in [1.82, 2.24) is 9.80 Å². The Morgan fingerprint density at radius 3 is 2.62 bits per heavy atom. The van der Waals surface area contributed by atoms with Crippen LogP contribution in [0.3, 0.4) is 0 Å². The molecular weight excluding hydrogens is 298 g/mol. The number of rotatable bonds is 2. The second-order valence-electron chi connectivity index (χ2n) is 4.67. The molecule has 0 spiro atoms. The van der Waals surface area contributed by atoms with Gasteiger partial charge in [-0.1, -0.05) is 11.6 Å². The highest BCUT2D eigenvalue weighted by atomic mass is 35.5. The van der Waals surface area contributed by atoms with Crippen LogP contribution in [0.25, 0.3) is 0 Å². The average molecular weight is 312 g/mol. The Morgan fingerprint density at radius 1 is 1.33 bits per heavy atom. The van der Waals surface area contributed by atoms with Crippen LogP contribution in [0, 0.1) is 0 Å². The van der Waals surface area contributed by atoms with Crippen LogP contribution >= 0.6 is 11.6 Å². The quantitative estimate of drug-likeness (QED) is 0.862. The molecule has 0 radical (unpaired) electrons. The highest BCUT2D eigenvalue weighted by Gasteiger charge is 2.24. The minimum atomic E-state index is -1.14. The molecular formula is C13H14ClN3O4. The second-order valence-corrected chi connectivity index (χ2v) is 5.07. The number of carboxylic acid groups (broad SMARTS) is 1. The zero-order chi connectivity index (χ0) is 15.6. The number of nitrogens with one attached hydrogen (secondary N) is 1. The molecule has 0 aliphatic carbocycles. The number of halogens is 1. The SMILES string of the molecule is CN1CCN(C(=O)Nc2ccc(C(=O)O)c(Cl)c2)CC1=O. The molecule has 112 valence electrons. The first kappa shape index (κ1) is 15.1. The number of carboxylic acids is 1. The first-order chi connectivity index (χ1) is 9.88. The van der Waals surface area contributed by atoms with E-state index in [0.29, 0.717) is 18.8 Å². The van der Waals surface area contributed by atoms with Crippen molar-refractivity contribution >= 4 is 35.2 Å². The Balaban J connectivity index is 2.05. The molecule has 8 heteroatoms. The third-order valence-electron chi connectivity index (χ3n) is 3.20. The molecule has 1 aliphatic heterocycles. The molecule has 1 saturated heterocycles. The molecule has 0 aromatic heterocycles. The van der Waals surface area contributed by atoms with E-state index in [4.69, 9.17) is 16.7 Å². The monoisotopic (exact) mass is 311 g/mol. The smallest absolute Gasteiger partial charge is 0.337 e. The van der Waals surface area contributed by atoms with Gasteiger partial charge >= 0.3 is 12.0 Å². The predicted octanol–water partition coefficient (Wildman–Crippen LogP) is 1.34. The van der Waals surface area contributed by atoms with E-state index in [1.54, 1.807) is 11.9 Å². The topological polar surface area (TPSA) is 89.9 Å². The first-order valence-corrected chi connectivity index (χ1v) is 6.59. The lowest BCUT2D eigenvalue weighted by Gasteiger charge is -2.31. The van der Waals surface area contributed by atoms with E-state index in [1.165, 1.54) is 23.1 Å². The lowest BCUT2D eigenvalue weighted by atomic mass is 10.2. The molecule has 0 atom stereocenters. The lowest BCUT2D eigenvalue weighted by molar-refractivity contribution is -0.133. The molecule has 2 N–H and O–H groups in total. The van der Waals surface area contributed by atoms with Gasteiger partial charge in [-0.25, -0.2) is 9.59 Å². The number of carbonyl (C=O) groups is 3. The minimum Gasteiger partial charge on any atom is -0.478 e. The largest absolute Gasteiger partial charge is 0.478 e. The molecule has 1 heterocycles. The minimum absolute atomic E-state index is 0.0171. The van der Waals surface area contributed by atoms with Gasteiger partial charge in [-0.15, -0.1) is 0 Å². The standard InChI is InChI=1S/C13H14ClN3O4/c1-16-4-5-17(7-11(16)18)13(21)15-8-2-3-9(12(19)20)10(14)6-8/h2-3,6H,4-5,7H2,1H3,(H,15,21)(H,19,20). The van der Waals surface area contributed by atoms with Crippen LogP contribution < -0.4 is 5.32 Å². The van der Waals surface area contributed by atoms with Crippen LogP contribution in [0.5, 0.6) is 0 Å². The van der Waals surface area contributed by atoms with E-state index >= 15 is 0 Å². The highest BCUT2D eigenvalue weighted by molar-refractivity contribution is 6.33. The van der Waals surface area contributed by atoms with Crippen molar-refractivity contribution in [2.24, 2.45) is 0 Å². The molecule has 0 unspecified atom stereocenters. The Morgan fingerprint density at radius 2 is 2.05 bits per heavy atom. The van der Waals surface area contributed by atoms with Crippen LogP contribution in [-0.4, -0.2) is 59.5 Å². The first-order valence-electron chi connectivity index (χ1n) is 6.21. The van der Waals surface area contributed by atoms with Crippen molar-refractivity contribution in [3.8, 4) is 0 Å². The number of hydrogen-bond donors (Lipinski definition) is 2. The van der Waals surface area contributed by atoms with Crippen LogP contribution in [0.1, 0.15) is 10.4 Å². The molecule has 3 amide bonds. The van der Waals surface area contributed by atoms with Gasteiger partial charge < -0.3 is 20.2 Å². The average Bonchev–Trinajstić information content (AvgIpc) is 2.41. The normalized spacial score (nSPS) is 15.0. The van der Waals surface area contributed by atoms with E-state index in [1.807, 2.05) is 0 Å². The van der Waals surface area contributed by atoms with E-state index in [0.717, 1.165) is 0 Å². The number of amides is 3. The summed E-state index contributed by atoms with van der Waals surface area (Å²) in [4.78, 5) is 37.4. The van der Waals surface area contributed by atoms with E-state index in [2.05, 4.69) is 5.32 Å². The van der Waals surface area contributed by atoms with Crippen LogP contribution in [0.4, 0.5) is 10.5 Å². The Hall–Kier alpha value is -2.28. The summed E-state index contributed by atoms with van der Waals surface area (Å²) in [5, 5.41) is 11.5. The molecule has 0 saturated carbocycles. The van der Waals surface area contributed by atoms with Gasteiger partial charge in [-0.3, -0.25) is 4.79 Å². The van der Waals surface area contributed by atoms with Crippen LogP contribution in [0.15, 0.2) is 18.2 Å². The van der Waals surface area contributed by atoms with Gasteiger partial charge in [0.15, 0.2) is 0 Å². The summed E-state index contributed by atoms with van der Waals surface area (Å²) in [6.07, 6.45) is 0. The Kier molecular flexibility index (Phi) is 4.32. The van der Waals surface area contributed by atoms with Crippen molar-refractivity contribution in [3.63, 3.8) is 0 Å². The number of hydrogen-bond acceptors (Lipinski definition) is 3. The molecule has 21 heavy (non-hydrogen) atoms. The van der Waals surface area contributed by atoms with Gasteiger partial charge in [0.1, 0.15) is 6.54 Å². The highest BCUT2D eigenvalue weighted by Crippen LogP contribution is 2.21. The van der Waals surface area contributed by atoms with Crippen molar-refractivity contribution in [3.05, 3.63) is 28.8 Å².